The van der Waals surface area contributed by atoms with Gasteiger partial charge in [-0.3, -0.25) is 0 Å². The molecule has 0 aliphatic heterocycles. The van der Waals surface area contributed by atoms with Gasteiger partial charge in [-0.25, -0.2) is 4.98 Å². The van der Waals surface area contributed by atoms with Crippen molar-refractivity contribution < 1.29 is 4.74 Å². The summed E-state index contributed by atoms with van der Waals surface area (Å²) in [6.07, 6.45) is 1.80. The van der Waals surface area contributed by atoms with E-state index in [9.17, 15) is 0 Å². The second-order valence-electron chi connectivity index (χ2n) is 5.18. The fraction of sp³-hybridized carbons (Fsp3) is 0.118. The summed E-state index contributed by atoms with van der Waals surface area (Å²) in [7, 11) is 1.68. The van der Waals surface area contributed by atoms with Crippen molar-refractivity contribution in [3.05, 3.63) is 47.2 Å². The van der Waals surface area contributed by atoms with Crippen molar-refractivity contribution in [2.75, 3.05) is 7.11 Å². The molecular formula is C17H13ClN2O. The molecule has 2 heterocycles. The predicted molar refractivity (Wildman–Crippen MR) is 87.4 cm³/mol. The maximum absolute atomic E-state index is 6.30. The lowest BCUT2D eigenvalue weighted by molar-refractivity contribution is 0.415. The highest BCUT2D eigenvalue weighted by Gasteiger charge is 2.13. The van der Waals surface area contributed by atoms with Crippen LogP contribution in [0.5, 0.6) is 5.75 Å². The number of fused-ring (bicyclic) bond motifs is 5. The smallest absolute Gasteiger partial charge is 0.139 e. The topological polar surface area (TPSA) is 37.9 Å². The van der Waals surface area contributed by atoms with Crippen LogP contribution in [-0.4, -0.2) is 17.1 Å². The second kappa shape index (κ2) is 4.37. The molecule has 21 heavy (non-hydrogen) atoms. The van der Waals surface area contributed by atoms with E-state index in [1.807, 2.05) is 19.1 Å². The Kier molecular flexibility index (Phi) is 2.59. The number of methoxy groups -OCH3 is 1. The molecule has 4 rings (SSSR count). The van der Waals surface area contributed by atoms with E-state index in [1.54, 1.807) is 13.3 Å². The molecule has 3 nitrogen and oxygen atoms in total. The monoisotopic (exact) mass is 296 g/mol. The van der Waals surface area contributed by atoms with Crippen LogP contribution in [0.4, 0.5) is 0 Å². The zero-order valence-corrected chi connectivity index (χ0v) is 12.5. The van der Waals surface area contributed by atoms with Gasteiger partial charge in [-0.15, -0.1) is 0 Å². The van der Waals surface area contributed by atoms with E-state index >= 15 is 0 Å². The maximum Gasteiger partial charge on any atom is 0.139 e. The normalized spacial score (nSPS) is 11.6. The predicted octanol–water partition coefficient (Wildman–Crippen LogP) is 4.84. The van der Waals surface area contributed by atoms with Crippen molar-refractivity contribution in [1.82, 2.24) is 9.97 Å². The maximum atomic E-state index is 6.30. The molecular weight excluding hydrogens is 284 g/mol. The van der Waals surface area contributed by atoms with Crippen LogP contribution in [-0.2, 0) is 0 Å². The van der Waals surface area contributed by atoms with Crippen LogP contribution in [0.1, 0.15) is 5.56 Å². The fourth-order valence-corrected chi connectivity index (χ4v) is 3.14. The lowest BCUT2D eigenvalue weighted by Gasteiger charge is -2.03. The molecule has 0 saturated heterocycles. The Morgan fingerprint density at radius 2 is 1.90 bits per heavy atom. The number of aryl methyl sites for hydroxylation is 1. The molecule has 0 spiro atoms. The molecule has 0 saturated carbocycles. The van der Waals surface area contributed by atoms with Crippen molar-refractivity contribution in [2.45, 2.75) is 6.92 Å². The van der Waals surface area contributed by atoms with Gasteiger partial charge >= 0.3 is 0 Å². The Morgan fingerprint density at radius 1 is 1.10 bits per heavy atom. The molecule has 1 N–H and O–H groups in total. The van der Waals surface area contributed by atoms with Gasteiger partial charge in [0.25, 0.3) is 0 Å². The van der Waals surface area contributed by atoms with Gasteiger partial charge in [-0.05, 0) is 36.1 Å². The first-order chi connectivity index (χ1) is 10.2. The molecule has 0 atom stereocenters. The molecule has 4 aromatic rings. The zero-order chi connectivity index (χ0) is 14.6. The summed E-state index contributed by atoms with van der Waals surface area (Å²) in [6.45, 7) is 2.03. The zero-order valence-electron chi connectivity index (χ0n) is 11.7. The molecule has 0 radical (unpaired) electrons. The third kappa shape index (κ3) is 1.71. The first-order valence-electron chi connectivity index (χ1n) is 6.72. The molecule has 0 aliphatic carbocycles. The summed E-state index contributed by atoms with van der Waals surface area (Å²) >= 11 is 6.30. The number of H-pyrrole nitrogens is 1. The van der Waals surface area contributed by atoms with Crippen molar-refractivity contribution >= 4 is 44.2 Å². The Bertz CT molecular complexity index is 1000. The van der Waals surface area contributed by atoms with E-state index < -0.39 is 0 Å². The number of hydrogen-bond donors (Lipinski definition) is 1. The Balaban J connectivity index is 2.21. The van der Waals surface area contributed by atoms with E-state index in [4.69, 9.17) is 16.3 Å². The van der Waals surface area contributed by atoms with Crippen LogP contribution in [0.15, 0.2) is 36.5 Å². The van der Waals surface area contributed by atoms with E-state index in [0.29, 0.717) is 5.15 Å². The third-order valence-corrected chi connectivity index (χ3v) is 4.26. The SMILES string of the molecule is COc1ccc2c(ccc3c2[nH]c2c(C)cnc(Cl)c23)c1. The van der Waals surface area contributed by atoms with Gasteiger partial charge in [0.15, 0.2) is 0 Å². The highest BCUT2D eigenvalue weighted by Crippen LogP contribution is 2.36. The van der Waals surface area contributed by atoms with E-state index in [2.05, 4.69) is 28.2 Å². The first-order valence-corrected chi connectivity index (χ1v) is 7.10. The fourth-order valence-electron chi connectivity index (χ4n) is 2.89. The summed E-state index contributed by atoms with van der Waals surface area (Å²) in [5.41, 5.74) is 3.23. The minimum Gasteiger partial charge on any atom is -0.497 e. The standard InChI is InChI=1S/C17H13ClN2O/c1-9-8-19-17(18)14-13-5-3-10-7-11(21-2)4-6-12(10)16(13)20-15(9)14/h3-8,20H,1-2H3. The Morgan fingerprint density at radius 3 is 2.71 bits per heavy atom. The molecule has 0 bridgehead atoms. The number of pyridine rings is 1. The van der Waals surface area contributed by atoms with E-state index in [0.717, 1.165) is 43.9 Å². The Hall–Kier alpha value is -2.26. The van der Waals surface area contributed by atoms with Crippen molar-refractivity contribution in [2.24, 2.45) is 0 Å². The van der Waals surface area contributed by atoms with Crippen LogP contribution >= 0.6 is 11.6 Å². The largest absolute Gasteiger partial charge is 0.497 e. The minimum atomic E-state index is 0.537. The molecule has 4 heteroatoms. The molecule has 104 valence electrons. The Labute approximate surface area is 126 Å². The number of aromatic nitrogens is 2. The number of nitrogens with one attached hydrogen (secondary N) is 1. The average molecular weight is 297 g/mol. The van der Waals surface area contributed by atoms with Crippen LogP contribution in [0.3, 0.4) is 0 Å². The van der Waals surface area contributed by atoms with Gasteiger partial charge < -0.3 is 9.72 Å². The van der Waals surface area contributed by atoms with Gasteiger partial charge in [0, 0.05) is 22.4 Å². The second-order valence-corrected chi connectivity index (χ2v) is 5.54. The number of ether oxygens (including phenoxy) is 1. The first kappa shape index (κ1) is 12.5. The lowest BCUT2D eigenvalue weighted by Crippen LogP contribution is -1.82. The molecule has 0 fully saturated rings. The van der Waals surface area contributed by atoms with Gasteiger partial charge in [0.05, 0.1) is 18.1 Å². The van der Waals surface area contributed by atoms with Crippen molar-refractivity contribution in [3.8, 4) is 5.75 Å². The quantitative estimate of drug-likeness (QED) is 0.510. The highest BCUT2D eigenvalue weighted by molar-refractivity contribution is 6.37. The lowest BCUT2D eigenvalue weighted by atomic mass is 10.1. The highest BCUT2D eigenvalue weighted by atomic mass is 35.5. The molecule has 2 aromatic carbocycles. The molecule has 0 amide bonds. The summed E-state index contributed by atoms with van der Waals surface area (Å²) in [4.78, 5) is 7.76. The number of halogens is 1. The number of rotatable bonds is 1. The van der Waals surface area contributed by atoms with Gasteiger partial charge in [0.1, 0.15) is 10.9 Å². The van der Waals surface area contributed by atoms with Gasteiger partial charge in [-0.2, -0.15) is 0 Å². The average Bonchev–Trinajstić information content (AvgIpc) is 2.91. The van der Waals surface area contributed by atoms with E-state index in [-0.39, 0.29) is 0 Å². The van der Waals surface area contributed by atoms with Crippen LogP contribution in [0, 0.1) is 6.92 Å². The number of aromatic amines is 1. The number of hydrogen-bond acceptors (Lipinski definition) is 2. The van der Waals surface area contributed by atoms with Crippen LogP contribution in [0.25, 0.3) is 32.6 Å². The minimum absolute atomic E-state index is 0.537. The molecule has 0 unspecified atom stereocenters. The summed E-state index contributed by atoms with van der Waals surface area (Å²) in [5, 5.41) is 4.91. The van der Waals surface area contributed by atoms with Crippen LogP contribution in [0.2, 0.25) is 5.15 Å². The van der Waals surface area contributed by atoms with Gasteiger partial charge in [-0.1, -0.05) is 23.7 Å². The molecule has 2 aromatic heterocycles. The van der Waals surface area contributed by atoms with Crippen molar-refractivity contribution in [3.63, 3.8) is 0 Å². The summed E-state index contributed by atoms with van der Waals surface area (Å²) in [5.74, 6) is 0.855. The van der Waals surface area contributed by atoms with Crippen LogP contribution < -0.4 is 4.74 Å². The molecule has 0 aliphatic rings. The summed E-state index contributed by atoms with van der Waals surface area (Å²) < 4.78 is 5.29. The number of nitrogens with zero attached hydrogens (tertiary/aromatic N) is 1. The summed E-state index contributed by atoms with van der Waals surface area (Å²) in [6, 6.07) is 10.3. The van der Waals surface area contributed by atoms with E-state index in [1.165, 1.54) is 0 Å². The van der Waals surface area contributed by atoms with Crippen molar-refractivity contribution in [1.29, 1.82) is 0 Å². The number of benzene rings is 2. The third-order valence-electron chi connectivity index (χ3n) is 3.97. The van der Waals surface area contributed by atoms with Gasteiger partial charge in [0.2, 0.25) is 0 Å².